The Morgan fingerprint density at radius 3 is 2.27 bits per heavy atom. The van der Waals surface area contributed by atoms with E-state index in [0.29, 0.717) is 6.10 Å². The summed E-state index contributed by atoms with van der Waals surface area (Å²) in [5, 5.41) is 13.9. The van der Waals surface area contributed by atoms with Crippen LogP contribution < -0.4 is 0 Å². The maximum atomic E-state index is 8.56. The second-order valence-electron chi connectivity index (χ2n) is 3.77. The van der Waals surface area contributed by atoms with Crippen LogP contribution in [0.25, 0.3) is 0 Å². The summed E-state index contributed by atoms with van der Waals surface area (Å²) in [6, 6.07) is 0. The van der Waals surface area contributed by atoms with E-state index in [2.05, 4.69) is 6.92 Å². The van der Waals surface area contributed by atoms with Crippen molar-refractivity contribution >= 4 is 6.16 Å². The zero-order valence-corrected chi connectivity index (χ0v) is 9.45. The zero-order chi connectivity index (χ0) is 11.5. The largest absolute Gasteiger partial charge is 0.503 e. The van der Waals surface area contributed by atoms with Crippen LogP contribution >= 0.6 is 0 Å². The highest BCUT2D eigenvalue weighted by Gasteiger charge is 2.12. The van der Waals surface area contributed by atoms with Gasteiger partial charge in [0.25, 0.3) is 0 Å². The lowest BCUT2D eigenvalue weighted by molar-refractivity contribution is 0.0269. The molecule has 2 N–H and O–H groups in total. The normalized spacial score (nSPS) is 16.6. The van der Waals surface area contributed by atoms with Crippen molar-refractivity contribution in [3.8, 4) is 0 Å². The molecular formula is C11H22O4. The molecule has 1 aliphatic carbocycles. The number of hydrogen-bond acceptors (Lipinski definition) is 2. The summed E-state index contributed by atoms with van der Waals surface area (Å²) in [6.07, 6.45) is 8.08. The third-order valence-corrected chi connectivity index (χ3v) is 2.40. The van der Waals surface area contributed by atoms with Crippen LogP contribution in [0.2, 0.25) is 0 Å². The van der Waals surface area contributed by atoms with Gasteiger partial charge in [0, 0.05) is 6.61 Å². The van der Waals surface area contributed by atoms with Gasteiger partial charge in [-0.25, -0.2) is 4.79 Å². The standard InChI is InChI=1S/C10H20O.CH2O3/c1-2-3-9-11-10-7-5-4-6-8-10;2-1(3)4/h10H,2-9H2,1H3;(H2,2,3,4). The monoisotopic (exact) mass is 218 g/mol. The summed E-state index contributed by atoms with van der Waals surface area (Å²) >= 11 is 0. The van der Waals surface area contributed by atoms with Crippen LogP contribution in [0.5, 0.6) is 0 Å². The zero-order valence-electron chi connectivity index (χ0n) is 9.45. The van der Waals surface area contributed by atoms with Gasteiger partial charge in [-0.2, -0.15) is 0 Å². The van der Waals surface area contributed by atoms with E-state index in [1.165, 1.54) is 44.9 Å². The van der Waals surface area contributed by atoms with Gasteiger partial charge in [0.2, 0.25) is 0 Å². The molecule has 0 heterocycles. The third-order valence-electron chi connectivity index (χ3n) is 2.40. The van der Waals surface area contributed by atoms with E-state index in [0.717, 1.165) is 6.61 Å². The Hall–Kier alpha value is -0.770. The molecule has 1 saturated carbocycles. The van der Waals surface area contributed by atoms with Crippen LogP contribution in [0.1, 0.15) is 51.9 Å². The minimum absolute atomic E-state index is 0.607. The molecule has 1 rings (SSSR count). The highest BCUT2D eigenvalue weighted by molar-refractivity contribution is 5.53. The average molecular weight is 218 g/mol. The summed E-state index contributed by atoms with van der Waals surface area (Å²) in [4.78, 5) is 8.56. The summed E-state index contributed by atoms with van der Waals surface area (Å²) in [5.74, 6) is 0. The fourth-order valence-corrected chi connectivity index (χ4v) is 1.63. The lowest BCUT2D eigenvalue weighted by Crippen LogP contribution is -2.16. The molecule has 4 heteroatoms. The fourth-order valence-electron chi connectivity index (χ4n) is 1.63. The Morgan fingerprint density at radius 2 is 1.80 bits per heavy atom. The van der Waals surface area contributed by atoms with Gasteiger partial charge in [0.1, 0.15) is 0 Å². The molecule has 0 aliphatic heterocycles. The van der Waals surface area contributed by atoms with E-state index in [4.69, 9.17) is 19.7 Å². The van der Waals surface area contributed by atoms with Gasteiger partial charge < -0.3 is 14.9 Å². The quantitative estimate of drug-likeness (QED) is 0.710. The molecule has 0 unspecified atom stereocenters. The van der Waals surface area contributed by atoms with Gasteiger partial charge in [-0.1, -0.05) is 32.6 Å². The summed E-state index contributed by atoms with van der Waals surface area (Å²) in [6.45, 7) is 3.20. The van der Waals surface area contributed by atoms with Crippen molar-refractivity contribution in [1.82, 2.24) is 0 Å². The van der Waals surface area contributed by atoms with E-state index >= 15 is 0 Å². The molecule has 0 aromatic rings. The van der Waals surface area contributed by atoms with Crippen molar-refractivity contribution in [2.45, 2.75) is 58.0 Å². The van der Waals surface area contributed by atoms with E-state index in [1.54, 1.807) is 0 Å². The second-order valence-corrected chi connectivity index (χ2v) is 3.77. The molecule has 0 saturated heterocycles. The van der Waals surface area contributed by atoms with Crippen LogP contribution in [0.4, 0.5) is 4.79 Å². The van der Waals surface area contributed by atoms with E-state index in [9.17, 15) is 0 Å². The van der Waals surface area contributed by atoms with Crippen LogP contribution in [-0.2, 0) is 4.74 Å². The van der Waals surface area contributed by atoms with Crippen LogP contribution in [0.15, 0.2) is 0 Å². The number of hydrogen-bond donors (Lipinski definition) is 2. The van der Waals surface area contributed by atoms with Gasteiger partial charge in [0.05, 0.1) is 6.10 Å². The molecule has 0 atom stereocenters. The number of rotatable bonds is 4. The Morgan fingerprint density at radius 1 is 1.27 bits per heavy atom. The Kier molecular flexibility index (Phi) is 9.27. The summed E-state index contributed by atoms with van der Waals surface area (Å²) in [7, 11) is 0. The molecule has 1 aliphatic rings. The molecule has 0 radical (unpaired) electrons. The number of unbranched alkanes of at least 4 members (excludes halogenated alkanes) is 1. The minimum atomic E-state index is -1.83. The third kappa shape index (κ3) is 11.2. The average Bonchev–Trinajstić information content (AvgIpc) is 2.19. The maximum absolute atomic E-state index is 8.56. The molecule has 90 valence electrons. The first-order valence-electron chi connectivity index (χ1n) is 5.70. The smallest absolute Gasteiger partial charge is 0.450 e. The molecule has 0 bridgehead atoms. The number of carboxylic acid groups (broad SMARTS) is 2. The molecule has 0 aromatic carbocycles. The predicted octanol–water partition coefficient (Wildman–Crippen LogP) is 3.36. The molecular weight excluding hydrogens is 196 g/mol. The lowest BCUT2D eigenvalue weighted by atomic mass is 9.98. The van der Waals surface area contributed by atoms with Gasteiger partial charge in [-0.3, -0.25) is 0 Å². The van der Waals surface area contributed by atoms with Gasteiger partial charge >= 0.3 is 6.16 Å². The Bertz CT molecular complexity index is 149. The van der Waals surface area contributed by atoms with Crippen LogP contribution in [-0.4, -0.2) is 29.1 Å². The Labute approximate surface area is 91.3 Å². The Balaban J connectivity index is 0.000000423. The van der Waals surface area contributed by atoms with Gasteiger partial charge in [-0.15, -0.1) is 0 Å². The summed E-state index contributed by atoms with van der Waals surface area (Å²) < 4.78 is 5.72. The fraction of sp³-hybridized carbons (Fsp3) is 0.909. The molecule has 1 fully saturated rings. The van der Waals surface area contributed by atoms with Crippen molar-refractivity contribution in [1.29, 1.82) is 0 Å². The first-order chi connectivity index (χ1) is 7.16. The van der Waals surface area contributed by atoms with Crippen molar-refractivity contribution < 1.29 is 19.7 Å². The van der Waals surface area contributed by atoms with Crippen molar-refractivity contribution in [3.63, 3.8) is 0 Å². The molecule has 4 nitrogen and oxygen atoms in total. The van der Waals surface area contributed by atoms with Crippen molar-refractivity contribution in [3.05, 3.63) is 0 Å². The van der Waals surface area contributed by atoms with Crippen LogP contribution in [0.3, 0.4) is 0 Å². The van der Waals surface area contributed by atoms with E-state index in [-0.39, 0.29) is 0 Å². The number of carbonyl (C=O) groups is 1. The van der Waals surface area contributed by atoms with E-state index < -0.39 is 6.16 Å². The van der Waals surface area contributed by atoms with Gasteiger partial charge in [-0.05, 0) is 19.3 Å². The second kappa shape index (κ2) is 9.77. The minimum Gasteiger partial charge on any atom is -0.450 e. The topological polar surface area (TPSA) is 66.8 Å². The van der Waals surface area contributed by atoms with Gasteiger partial charge in [0.15, 0.2) is 0 Å². The SMILES string of the molecule is CCCCOC1CCCCC1.O=C(O)O. The molecule has 0 aromatic heterocycles. The highest BCUT2D eigenvalue weighted by atomic mass is 16.6. The highest BCUT2D eigenvalue weighted by Crippen LogP contribution is 2.20. The van der Waals surface area contributed by atoms with E-state index in [1.807, 2.05) is 0 Å². The number of ether oxygens (including phenoxy) is 1. The maximum Gasteiger partial charge on any atom is 0.503 e. The first-order valence-corrected chi connectivity index (χ1v) is 5.70. The first kappa shape index (κ1) is 14.2. The molecule has 15 heavy (non-hydrogen) atoms. The lowest BCUT2D eigenvalue weighted by Gasteiger charge is -2.21. The molecule has 0 amide bonds. The van der Waals surface area contributed by atoms with Crippen LogP contribution in [0, 0.1) is 0 Å². The predicted molar refractivity (Wildman–Crippen MR) is 58.4 cm³/mol. The van der Waals surface area contributed by atoms with Crippen molar-refractivity contribution in [2.24, 2.45) is 0 Å². The summed E-state index contributed by atoms with van der Waals surface area (Å²) in [5.41, 5.74) is 0. The van der Waals surface area contributed by atoms with Crippen molar-refractivity contribution in [2.75, 3.05) is 6.61 Å². The molecule has 0 spiro atoms.